The molecular formula is C15H15NO6. The van der Waals surface area contributed by atoms with Crippen molar-refractivity contribution in [1.82, 2.24) is 0 Å². The van der Waals surface area contributed by atoms with Gasteiger partial charge in [-0.25, -0.2) is 9.59 Å². The lowest BCUT2D eigenvalue weighted by Gasteiger charge is -2.10. The van der Waals surface area contributed by atoms with Crippen molar-refractivity contribution in [3.63, 3.8) is 0 Å². The number of primary amides is 1. The van der Waals surface area contributed by atoms with Crippen molar-refractivity contribution in [3.8, 4) is 5.75 Å². The molecule has 0 radical (unpaired) electrons. The van der Waals surface area contributed by atoms with E-state index in [1.165, 1.54) is 19.1 Å². The van der Waals surface area contributed by atoms with Gasteiger partial charge in [0.05, 0.1) is 0 Å². The van der Waals surface area contributed by atoms with Gasteiger partial charge < -0.3 is 19.6 Å². The SMILES string of the molecule is Cc1cc(=O)oc2cc(OCC(=O)O[C@H](C)C(N)=O)ccc12. The van der Waals surface area contributed by atoms with Gasteiger partial charge in [0.2, 0.25) is 0 Å². The molecule has 1 atom stereocenters. The third-order valence-corrected chi connectivity index (χ3v) is 2.99. The van der Waals surface area contributed by atoms with Crippen molar-refractivity contribution in [2.24, 2.45) is 5.73 Å². The zero-order valence-electron chi connectivity index (χ0n) is 12.1. The van der Waals surface area contributed by atoms with E-state index in [0.717, 1.165) is 10.9 Å². The molecule has 0 aliphatic heterocycles. The van der Waals surface area contributed by atoms with Gasteiger partial charge in [-0.3, -0.25) is 4.79 Å². The summed E-state index contributed by atoms with van der Waals surface area (Å²) < 4.78 is 15.1. The second kappa shape index (κ2) is 6.30. The van der Waals surface area contributed by atoms with Gasteiger partial charge in [-0.1, -0.05) is 0 Å². The van der Waals surface area contributed by atoms with Crippen LogP contribution in [0.1, 0.15) is 12.5 Å². The molecule has 1 aromatic carbocycles. The molecular weight excluding hydrogens is 290 g/mol. The van der Waals surface area contributed by atoms with E-state index in [9.17, 15) is 14.4 Å². The maximum atomic E-state index is 11.5. The fourth-order valence-electron chi connectivity index (χ4n) is 1.83. The maximum absolute atomic E-state index is 11.5. The van der Waals surface area contributed by atoms with Crippen LogP contribution < -0.4 is 16.1 Å². The summed E-state index contributed by atoms with van der Waals surface area (Å²) in [5.74, 6) is -1.13. The van der Waals surface area contributed by atoms with Gasteiger partial charge in [-0.2, -0.15) is 0 Å². The molecule has 2 aromatic rings. The highest BCUT2D eigenvalue weighted by Gasteiger charge is 2.15. The Balaban J connectivity index is 2.08. The van der Waals surface area contributed by atoms with Gasteiger partial charge in [0.25, 0.3) is 5.91 Å². The number of benzene rings is 1. The van der Waals surface area contributed by atoms with Gasteiger partial charge in [0, 0.05) is 17.5 Å². The number of nitrogens with two attached hydrogens (primary N) is 1. The molecule has 0 bridgehead atoms. The minimum absolute atomic E-state index is 0.338. The summed E-state index contributed by atoms with van der Waals surface area (Å²) in [7, 11) is 0. The number of hydrogen-bond acceptors (Lipinski definition) is 6. The monoisotopic (exact) mass is 305 g/mol. The number of hydrogen-bond donors (Lipinski definition) is 1. The average molecular weight is 305 g/mol. The standard InChI is InChI=1S/C15H15NO6/c1-8-5-13(17)22-12-6-10(3-4-11(8)12)20-7-14(18)21-9(2)15(16)19/h3-6,9H,7H2,1-2H3,(H2,16,19)/t9-/m1/s1. The predicted molar refractivity (Wildman–Crippen MR) is 77.5 cm³/mol. The third-order valence-electron chi connectivity index (χ3n) is 2.99. The van der Waals surface area contributed by atoms with Crippen LogP contribution in [0.3, 0.4) is 0 Å². The summed E-state index contributed by atoms with van der Waals surface area (Å²) in [5.41, 5.74) is 5.67. The van der Waals surface area contributed by atoms with E-state index in [4.69, 9.17) is 19.6 Å². The lowest BCUT2D eigenvalue weighted by molar-refractivity contribution is -0.155. The molecule has 7 nitrogen and oxygen atoms in total. The van der Waals surface area contributed by atoms with Crippen LogP contribution in [0, 0.1) is 6.92 Å². The van der Waals surface area contributed by atoms with Crippen molar-refractivity contribution in [3.05, 3.63) is 40.2 Å². The van der Waals surface area contributed by atoms with E-state index in [2.05, 4.69) is 0 Å². The normalized spacial score (nSPS) is 11.9. The third kappa shape index (κ3) is 3.63. The van der Waals surface area contributed by atoms with Crippen LogP contribution in [0.25, 0.3) is 11.0 Å². The van der Waals surface area contributed by atoms with Gasteiger partial charge in [-0.05, 0) is 31.5 Å². The summed E-state index contributed by atoms with van der Waals surface area (Å²) in [6.07, 6.45) is -1.02. The van der Waals surface area contributed by atoms with E-state index < -0.39 is 23.6 Å². The van der Waals surface area contributed by atoms with Gasteiger partial charge in [-0.15, -0.1) is 0 Å². The fourth-order valence-corrected chi connectivity index (χ4v) is 1.83. The first-order valence-electron chi connectivity index (χ1n) is 6.53. The lowest BCUT2D eigenvalue weighted by atomic mass is 10.1. The molecule has 0 fully saturated rings. The Hall–Kier alpha value is -2.83. The molecule has 0 spiro atoms. The zero-order chi connectivity index (χ0) is 16.3. The molecule has 0 unspecified atom stereocenters. The first kappa shape index (κ1) is 15.6. The average Bonchev–Trinajstić information content (AvgIpc) is 2.44. The molecule has 7 heteroatoms. The van der Waals surface area contributed by atoms with E-state index in [0.29, 0.717) is 11.3 Å². The highest BCUT2D eigenvalue weighted by atomic mass is 16.6. The Morgan fingerprint density at radius 3 is 2.73 bits per heavy atom. The van der Waals surface area contributed by atoms with E-state index in [-0.39, 0.29) is 6.61 Å². The number of carbonyl (C=O) groups is 2. The highest BCUT2D eigenvalue weighted by molar-refractivity contribution is 5.83. The van der Waals surface area contributed by atoms with Crippen molar-refractivity contribution in [1.29, 1.82) is 0 Å². The fraction of sp³-hybridized carbons (Fsp3) is 0.267. The first-order chi connectivity index (χ1) is 10.4. The van der Waals surface area contributed by atoms with Crippen molar-refractivity contribution < 1.29 is 23.5 Å². The number of carbonyl (C=O) groups excluding carboxylic acids is 2. The summed E-state index contributed by atoms with van der Waals surface area (Å²) in [6.45, 7) is 2.77. The molecule has 1 amide bonds. The van der Waals surface area contributed by atoms with Gasteiger partial charge in [0.15, 0.2) is 12.7 Å². The molecule has 0 saturated heterocycles. The molecule has 22 heavy (non-hydrogen) atoms. The number of amides is 1. The Kier molecular flexibility index (Phi) is 4.45. The maximum Gasteiger partial charge on any atom is 0.344 e. The summed E-state index contributed by atoms with van der Waals surface area (Å²) in [4.78, 5) is 33.6. The molecule has 1 aromatic heterocycles. The largest absolute Gasteiger partial charge is 0.482 e. The van der Waals surface area contributed by atoms with Crippen LogP contribution in [-0.4, -0.2) is 24.6 Å². The van der Waals surface area contributed by atoms with Crippen molar-refractivity contribution >= 4 is 22.8 Å². The number of aryl methyl sites for hydroxylation is 1. The van der Waals surface area contributed by atoms with Crippen LogP contribution in [0.5, 0.6) is 5.75 Å². The van der Waals surface area contributed by atoms with Crippen molar-refractivity contribution in [2.45, 2.75) is 20.0 Å². The molecule has 0 aliphatic carbocycles. The predicted octanol–water partition coefficient (Wildman–Crippen LogP) is 0.897. The van der Waals surface area contributed by atoms with Crippen LogP contribution in [0.2, 0.25) is 0 Å². The Morgan fingerprint density at radius 2 is 2.05 bits per heavy atom. The van der Waals surface area contributed by atoms with Crippen LogP contribution >= 0.6 is 0 Å². The molecule has 0 aliphatic rings. The number of rotatable bonds is 5. The summed E-state index contributed by atoms with van der Waals surface area (Å²) >= 11 is 0. The quantitative estimate of drug-likeness (QED) is 0.649. The molecule has 2 N–H and O–H groups in total. The first-order valence-corrected chi connectivity index (χ1v) is 6.53. The zero-order valence-corrected chi connectivity index (χ0v) is 12.1. The second-order valence-corrected chi connectivity index (χ2v) is 4.73. The molecule has 1 heterocycles. The molecule has 0 saturated carbocycles. The Bertz CT molecular complexity index is 779. The van der Waals surface area contributed by atoms with E-state index in [1.807, 2.05) is 0 Å². The number of esters is 1. The second-order valence-electron chi connectivity index (χ2n) is 4.73. The van der Waals surface area contributed by atoms with E-state index in [1.54, 1.807) is 19.1 Å². The minimum Gasteiger partial charge on any atom is -0.482 e. The van der Waals surface area contributed by atoms with Crippen LogP contribution in [-0.2, 0) is 14.3 Å². The number of ether oxygens (including phenoxy) is 2. The number of fused-ring (bicyclic) bond motifs is 1. The lowest BCUT2D eigenvalue weighted by Crippen LogP contribution is -2.32. The van der Waals surface area contributed by atoms with Crippen LogP contribution in [0.4, 0.5) is 0 Å². The van der Waals surface area contributed by atoms with Crippen LogP contribution in [0.15, 0.2) is 33.5 Å². The Labute approximate surface area is 125 Å². The summed E-state index contributed by atoms with van der Waals surface area (Å²) in [5, 5.41) is 0.775. The van der Waals surface area contributed by atoms with Crippen molar-refractivity contribution in [2.75, 3.05) is 6.61 Å². The Morgan fingerprint density at radius 1 is 1.32 bits per heavy atom. The van der Waals surface area contributed by atoms with Gasteiger partial charge >= 0.3 is 11.6 Å². The minimum atomic E-state index is -1.02. The van der Waals surface area contributed by atoms with E-state index >= 15 is 0 Å². The molecule has 116 valence electrons. The smallest absolute Gasteiger partial charge is 0.344 e. The molecule has 2 rings (SSSR count). The summed E-state index contributed by atoms with van der Waals surface area (Å²) in [6, 6.07) is 6.26. The topological polar surface area (TPSA) is 109 Å². The van der Waals surface area contributed by atoms with Gasteiger partial charge in [0.1, 0.15) is 11.3 Å². The highest BCUT2D eigenvalue weighted by Crippen LogP contribution is 2.22.